The van der Waals surface area contributed by atoms with Gasteiger partial charge in [-0.1, -0.05) is 23.7 Å². The van der Waals surface area contributed by atoms with E-state index in [0.717, 1.165) is 29.8 Å². The molecule has 0 saturated carbocycles. The number of halogens is 1. The summed E-state index contributed by atoms with van der Waals surface area (Å²) >= 11 is 5.81. The fourth-order valence-corrected chi connectivity index (χ4v) is 2.29. The fourth-order valence-electron chi connectivity index (χ4n) is 2.17. The molecule has 1 aliphatic heterocycles. The Labute approximate surface area is 118 Å². The third-order valence-corrected chi connectivity index (χ3v) is 3.54. The lowest BCUT2D eigenvalue weighted by molar-refractivity contribution is -0.131. The molecule has 0 unspecified atom stereocenters. The minimum atomic E-state index is -0.334. The summed E-state index contributed by atoms with van der Waals surface area (Å²) in [6.45, 7) is 1.09. The maximum atomic E-state index is 11.9. The van der Waals surface area contributed by atoms with Gasteiger partial charge >= 0.3 is 0 Å². The van der Waals surface area contributed by atoms with Gasteiger partial charge in [0.15, 0.2) is 0 Å². The van der Waals surface area contributed by atoms with Crippen LogP contribution in [0.25, 0.3) is 0 Å². The Balaban J connectivity index is 1.71. The van der Waals surface area contributed by atoms with Crippen LogP contribution in [0.15, 0.2) is 24.3 Å². The molecular weight excluding hydrogens is 264 g/mol. The molecule has 2 rings (SSSR count). The Hall–Kier alpha value is -1.10. The highest BCUT2D eigenvalue weighted by atomic mass is 35.5. The first-order valence-corrected chi connectivity index (χ1v) is 6.94. The minimum absolute atomic E-state index is 0.0343. The summed E-state index contributed by atoms with van der Waals surface area (Å²) in [6.07, 6.45) is 2.11. The fraction of sp³-hybridized carbons (Fsp3) is 0.500. The average molecular weight is 283 g/mol. The molecule has 1 aromatic rings. The van der Waals surface area contributed by atoms with E-state index in [0.29, 0.717) is 13.1 Å². The number of rotatable bonds is 5. The van der Waals surface area contributed by atoms with Crippen LogP contribution in [-0.2, 0) is 16.0 Å². The maximum absolute atomic E-state index is 11.9. The number of amides is 1. The summed E-state index contributed by atoms with van der Waals surface area (Å²) < 4.78 is 5.54. The third-order valence-electron chi connectivity index (χ3n) is 3.29. The van der Waals surface area contributed by atoms with Gasteiger partial charge in [-0.2, -0.15) is 0 Å². The number of benzene rings is 1. The van der Waals surface area contributed by atoms with Crippen molar-refractivity contribution in [1.29, 1.82) is 0 Å². The maximum Gasteiger partial charge on any atom is 0.249 e. The van der Waals surface area contributed by atoms with Gasteiger partial charge in [-0.3, -0.25) is 4.79 Å². The number of nitrogens with one attached hydrogen (secondary N) is 1. The van der Waals surface area contributed by atoms with E-state index in [4.69, 9.17) is 22.1 Å². The van der Waals surface area contributed by atoms with Crippen LogP contribution in [0.4, 0.5) is 0 Å². The standard InChI is InChI=1S/C14H19ClN2O2/c15-11-3-1-10(2-4-11)7-8-17-14(18)13-6-5-12(9-16)19-13/h1-4,12-13H,5-9,16H2,(H,17,18)/t12-,13+/m1/s1. The van der Waals surface area contributed by atoms with Gasteiger partial charge in [-0.25, -0.2) is 0 Å². The van der Waals surface area contributed by atoms with Crippen LogP contribution < -0.4 is 11.1 Å². The number of nitrogens with two attached hydrogens (primary N) is 1. The van der Waals surface area contributed by atoms with Crippen LogP contribution in [0.1, 0.15) is 18.4 Å². The van der Waals surface area contributed by atoms with Gasteiger partial charge in [0, 0.05) is 18.1 Å². The summed E-state index contributed by atoms with van der Waals surface area (Å²) in [5.41, 5.74) is 6.67. The van der Waals surface area contributed by atoms with E-state index in [9.17, 15) is 4.79 Å². The molecule has 1 fully saturated rings. The Bertz CT molecular complexity index is 422. The highest BCUT2D eigenvalue weighted by Crippen LogP contribution is 2.18. The molecule has 1 heterocycles. The first-order chi connectivity index (χ1) is 9.19. The molecular formula is C14H19ClN2O2. The summed E-state index contributed by atoms with van der Waals surface area (Å²) in [6, 6.07) is 7.63. The van der Waals surface area contributed by atoms with Crippen LogP contribution >= 0.6 is 11.6 Å². The summed E-state index contributed by atoms with van der Waals surface area (Å²) in [5.74, 6) is -0.0371. The van der Waals surface area contributed by atoms with Crippen molar-refractivity contribution in [3.63, 3.8) is 0 Å². The number of carbonyl (C=O) groups is 1. The smallest absolute Gasteiger partial charge is 0.249 e. The van der Waals surface area contributed by atoms with Crippen molar-refractivity contribution in [3.8, 4) is 0 Å². The Morgan fingerprint density at radius 2 is 2.11 bits per heavy atom. The summed E-state index contributed by atoms with van der Waals surface area (Å²) in [7, 11) is 0. The molecule has 1 saturated heterocycles. The molecule has 0 aliphatic carbocycles. The number of carbonyl (C=O) groups excluding carboxylic acids is 1. The highest BCUT2D eigenvalue weighted by molar-refractivity contribution is 6.30. The summed E-state index contributed by atoms with van der Waals surface area (Å²) in [5, 5.41) is 3.62. The van der Waals surface area contributed by atoms with Gasteiger partial charge in [-0.15, -0.1) is 0 Å². The monoisotopic (exact) mass is 282 g/mol. The molecule has 2 atom stereocenters. The van der Waals surface area contributed by atoms with E-state index in [-0.39, 0.29) is 18.1 Å². The van der Waals surface area contributed by atoms with Crippen molar-refractivity contribution < 1.29 is 9.53 Å². The van der Waals surface area contributed by atoms with E-state index >= 15 is 0 Å². The van der Waals surface area contributed by atoms with Crippen molar-refractivity contribution in [2.24, 2.45) is 5.73 Å². The van der Waals surface area contributed by atoms with Gasteiger partial charge < -0.3 is 15.8 Å². The lowest BCUT2D eigenvalue weighted by atomic mass is 10.1. The zero-order valence-electron chi connectivity index (χ0n) is 10.8. The zero-order valence-corrected chi connectivity index (χ0v) is 11.5. The largest absolute Gasteiger partial charge is 0.364 e. The molecule has 19 heavy (non-hydrogen) atoms. The quantitative estimate of drug-likeness (QED) is 0.860. The molecule has 104 valence electrons. The molecule has 0 spiro atoms. The molecule has 0 radical (unpaired) electrons. The minimum Gasteiger partial charge on any atom is -0.364 e. The van der Waals surface area contributed by atoms with E-state index in [2.05, 4.69) is 5.32 Å². The van der Waals surface area contributed by atoms with Gasteiger partial charge in [0.05, 0.1) is 6.10 Å². The topological polar surface area (TPSA) is 64.4 Å². The molecule has 1 aromatic carbocycles. The van der Waals surface area contributed by atoms with Crippen molar-refractivity contribution in [1.82, 2.24) is 5.32 Å². The SMILES string of the molecule is NC[C@H]1CC[C@@H](C(=O)NCCc2ccc(Cl)cc2)O1. The lowest BCUT2D eigenvalue weighted by Gasteiger charge is -2.12. The lowest BCUT2D eigenvalue weighted by Crippen LogP contribution is -2.36. The normalized spacial score (nSPS) is 22.4. The highest BCUT2D eigenvalue weighted by Gasteiger charge is 2.29. The average Bonchev–Trinajstić information content (AvgIpc) is 2.90. The van der Waals surface area contributed by atoms with Crippen molar-refractivity contribution in [2.75, 3.05) is 13.1 Å². The van der Waals surface area contributed by atoms with E-state index < -0.39 is 0 Å². The van der Waals surface area contributed by atoms with E-state index in [1.54, 1.807) is 0 Å². The molecule has 4 nitrogen and oxygen atoms in total. The molecule has 0 bridgehead atoms. The summed E-state index contributed by atoms with van der Waals surface area (Å²) in [4.78, 5) is 11.9. The van der Waals surface area contributed by atoms with Gasteiger partial charge in [0.2, 0.25) is 5.91 Å². The van der Waals surface area contributed by atoms with E-state index in [1.807, 2.05) is 24.3 Å². The van der Waals surface area contributed by atoms with Crippen molar-refractivity contribution in [3.05, 3.63) is 34.9 Å². The van der Waals surface area contributed by atoms with Crippen LogP contribution in [0.2, 0.25) is 5.02 Å². The molecule has 1 amide bonds. The van der Waals surface area contributed by atoms with Gasteiger partial charge in [-0.05, 0) is 37.0 Å². The second-order valence-electron chi connectivity index (χ2n) is 4.73. The predicted octanol–water partition coefficient (Wildman–Crippen LogP) is 1.50. The van der Waals surface area contributed by atoms with Crippen molar-refractivity contribution >= 4 is 17.5 Å². The Kier molecular flexibility index (Phi) is 5.19. The number of hydrogen-bond donors (Lipinski definition) is 2. The van der Waals surface area contributed by atoms with E-state index in [1.165, 1.54) is 0 Å². The second-order valence-corrected chi connectivity index (χ2v) is 5.16. The predicted molar refractivity (Wildman–Crippen MR) is 75.1 cm³/mol. The molecule has 0 aromatic heterocycles. The third kappa shape index (κ3) is 4.20. The molecule has 5 heteroatoms. The first kappa shape index (κ1) is 14.3. The van der Waals surface area contributed by atoms with Crippen LogP contribution in [0, 0.1) is 0 Å². The van der Waals surface area contributed by atoms with Crippen LogP contribution in [-0.4, -0.2) is 31.2 Å². The number of ether oxygens (including phenoxy) is 1. The number of hydrogen-bond acceptors (Lipinski definition) is 3. The van der Waals surface area contributed by atoms with Crippen LogP contribution in [0.3, 0.4) is 0 Å². The van der Waals surface area contributed by atoms with Gasteiger partial charge in [0.1, 0.15) is 6.10 Å². The Morgan fingerprint density at radius 1 is 1.37 bits per heavy atom. The zero-order chi connectivity index (χ0) is 13.7. The Morgan fingerprint density at radius 3 is 2.74 bits per heavy atom. The van der Waals surface area contributed by atoms with Gasteiger partial charge in [0.25, 0.3) is 0 Å². The van der Waals surface area contributed by atoms with Crippen molar-refractivity contribution in [2.45, 2.75) is 31.5 Å². The van der Waals surface area contributed by atoms with Crippen LogP contribution in [0.5, 0.6) is 0 Å². The molecule has 3 N–H and O–H groups in total. The second kappa shape index (κ2) is 6.89. The molecule has 1 aliphatic rings. The first-order valence-electron chi connectivity index (χ1n) is 6.56.